The van der Waals surface area contributed by atoms with Crippen LogP contribution in [-0.2, 0) is 11.0 Å². The summed E-state index contributed by atoms with van der Waals surface area (Å²) >= 11 is 0. The Morgan fingerprint density at radius 1 is 1.24 bits per heavy atom. The molecule has 1 unspecified atom stereocenters. The fourth-order valence-electron chi connectivity index (χ4n) is 1.54. The molecule has 0 aliphatic rings. The van der Waals surface area contributed by atoms with Gasteiger partial charge >= 0.3 is 12.2 Å². The fraction of sp³-hybridized carbons (Fsp3) is 0.385. The van der Waals surface area contributed by atoms with Gasteiger partial charge in [0.15, 0.2) is 0 Å². The molecule has 0 bridgehead atoms. The minimum absolute atomic E-state index is 0.185. The zero-order chi connectivity index (χ0) is 16.2. The first kappa shape index (κ1) is 16.8. The molecule has 3 amide bonds. The maximum absolute atomic E-state index is 12.7. The standard InChI is InChI=1S/C13H16F3N3O2/c1-7-4-5-9(13(14,15)16)6-10(7)18-8(2)11(20)19-12(21)17-3/h4-6,8,18H,1-3H3,(H2,17,19,20,21). The van der Waals surface area contributed by atoms with Crippen LogP contribution in [0.15, 0.2) is 18.2 Å². The van der Waals surface area contributed by atoms with Crippen molar-refractivity contribution in [1.82, 2.24) is 10.6 Å². The number of aryl methyl sites for hydroxylation is 1. The molecule has 3 N–H and O–H groups in total. The van der Waals surface area contributed by atoms with Crippen molar-refractivity contribution in [2.24, 2.45) is 0 Å². The number of alkyl halides is 3. The lowest BCUT2D eigenvalue weighted by Crippen LogP contribution is -2.44. The first-order chi connectivity index (χ1) is 9.65. The SMILES string of the molecule is CNC(=O)NC(=O)C(C)Nc1cc(C(F)(F)F)ccc1C. The highest BCUT2D eigenvalue weighted by atomic mass is 19.4. The van der Waals surface area contributed by atoms with Gasteiger partial charge in [0.05, 0.1) is 5.56 Å². The van der Waals surface area contributed by atoms with E-state index in [9.17, 15) is 22.8 Å². The van der Waals surface area contributed by atoms with Gasteiger partial charge in [-0.05, 0) is 31.5 Å². The van der Waals surface area contributed by atoms with Gasteiger partial charge in [0.2, 0.25) is 5.91 Å². The summed E-state index contributed by atoms with van der Waals surface area (Å²) in [5.41, 5.74) is -0.0681. The molecule has 8 heteroatoms. The van der Waals surface area contributed by atoms with E-state index in [0.717, 1.165) is 12.1 Å². The van der Waals surface area contributed by atoms with Crippen molar-refractivity contribution in [3.05, 3.63) is 29.3 Å². The number of carbonyl (C=O) groups excluding carboxylic acids is 2. The van der Waals surface area contributed by atoms with E-state index >= 15 is 0 Å². The molecule has 5 nitrogen and oxygen atoms in total. The van der Waals surface area contributed by atoms with Gasteiger partial charge < -0.3 is 10.6 Å². The predicted molar refractivity (Wildman–Crippen MR) is 71.9 cm³/mol. The Kier molecular flexibility index (Phi) is 5.17. The molecule has 21 heavy (non-hydrogen) atoms. The molecule has 0 aliphatic carbocycles. The number of hydrogen-bond donors (Lipinski definition) is 3. The van der Waals surface area contributed by atoms with E-state index in [0.29, 0.717) is 5.56 Å². The van der Waals surface area contributed by atoms with E-state index in [2.05, 4.69) is 10.6 Å². The minimum atomic E-state index is -4.46. The Bertz CT molecular complexity index is 544. The van der Waals surface area contributed by atoms with Gasteiger partial charge in [-0.15, -0.1) is 0 Å². The highest BCUT2D eigenvalue weighted by molar-refractivity contribution is 5.97. The predicted octanol–water partition coefficient (Wildman–Crippen LogP) is 2.27. The summed E-state index contributed by atoms with van der Waals surface area (Å²) in [5.74, 6) is -0.647. The Labute approximate surface area is 119 Å². The molecule has 1 aromatic rings. The molecule has 0 aromatic heterocycles. The van der Waals surface area contributed by atoms with Gasteiger partial charge in [-0.25, -0.2) is 4.79 Å². The molecule has 0 spiro atoms. The second-order valence-electron chi connectivity index (χ2n) is 4.46. The van der Waals surface area contributed by atoms with Gasteiger partial charge in [0.1, 0.15) is 6.04 Å². The minimum Gasteiger partial charge on any atom is -0.374 e. The van der Waals surface area contributed by atoms with Crippen molar-refractivity contribution in [2.45, 2.75) is 26.1 Å². The number of nitrogens with one attached hydrogen (secondary N) is 3. The number of urea groups is 1. The zero-order valence-corrected chi connectivity index (χ0v) is 11.8. The average Bonchev–Trinajstić information content (AvgIpc) is 2.39. The molecular weight excluding hydrogens is 287 g/mol. The Hall–Kier alpha value is -2.25. The second kappa shape index (κ2) is 6.47. The highest BCUT2D eigenvalue weighted by Crippen LogP contribution is 2.32. The Morgan fingerprint density at radius 3 is 2.38 bits per heavy atom. The van der Waals surface area contributed by atoms with Crippen LogP contribution in [0.4, 0.5) is 23.7 Å². The maximum Gasteiger partial charge on any atom is 0.416 e. The number of carbonyl (C=O) groups is 2. The van der Waals surface area contributed by atoms with E-state index in [1.165, 1.54) is 20.0 Å². The van der Waals surface area contributed by atoms with Gasteiger partial charge in [0.25, 0.3) is 0 Å². The summed E-state index contributed by atoms with van der Waals surface area (Å²) < 4.78 is 38.0. The molecular formula is C13H16F3N3O2. The molecule has 1 atom stereocenters. The quantitative estimate of drug-likeness (QED) is 0.802. The lowest BCUT2D eigenvalue weighted by molar-refractivity contribution is -0.137. The molecule has 0 fully saturated rings. The topological polar surface area (TPSA) is 70.2 Å². The van der Waals surface area contributed by atoms with E-state index in [1.807, 2.05) is 5.32 Å². The number of amides is 3. The van der Waals surface area contributed by atoms with E-state index in [-0.39, 0.29) is 5.69 Å². The van der Waals surface area contributed by atoms with Crippen molar-refractivity contribution in [2.75, 3.05) is 12.4 Å². The molecule has 0 saturated carbocycles. The van der Waals surface area contributed by atoms with E-state index < -0.39 is 29.7 Å². The molecule has 1 aromatic carbocycles. The fourth-order valence-corrected chi connectivity index (χ4v) is 1.54. The lowest BCUT2D eigenvalue weighted by atomic mass is 10.1. The van der Waals surface area contributed by atoms with Crippen LogP contribution in [0.2, 0.25) is 0 Å². The molecule has 0 saturated heterocycles. The maximum atomic E-state index is 12.7. The Morgan fingerprint density at radius 2 is 1.86 bits per heavy atom. The number of benzene rings is 1. The van der Waals surface area contributed by atoms with Crippen LogP contribution in [0.1, 0.15) is 18.1 Å². The molecule has 0 aliphatic heterocycles. The van der Waals surface area contributed by atoms with Crippen molar-refractivity contribution in [3.63, 3.8) is 0 Å². The van der Waals surface area contributed by atoms with Crippen LogP contribution in [0.3, 0.4) is 0 Å². The van der Waals surface area contributed by atoms with E-state index in [4.69, 9.17) is 0 Å². The zero-order valence-electron chi connectivity index (χ0n) is 11.8. The van der Waals surface area contributed by atoms with Gasteiger partial charge in [-0.1, -0.05) is 6.07 Å². The van der Waals surface area contributed by atoms with Crippen LogP contribution in [-0.4, -0.2) is 25.0 Å². The van der Waals surface area contributed by atoms with Crippen LogP contribution in [0.25, 0.3) is 0 Å². The molecule has 116 valence electrons. The average molecular weight is 303 g/mol. The van der Waals surface area contributed by atoms with Crippen LogP contribution < -0.4 is 16.0 Å². The number of rotatable bonds is 3. The van der Waals surface area contributed by atoms with Crippen LogP contribution in [0.5, 0.6) is 0 Å². The molecule has 0 radical (unpaired) electrons. The first-order valence-electron chi connectivity index (χ1n) is 6.12. The Balaban J connectivity index is 2.87. The number of hydrogen-bond acceptors (Lipinski definition) is 3. The van der Waals surface area contributed by atoms with Crippen molar-refractivity contribution >= 4 is 17.6 Å². The van der Waals surface area contributed by atoms with Gasteiger partial charge in [-0.3, -0.25) is 10.1 Å². The van der Waals surface area contributed by atoms with Gasteiger partial charge in [-0.2, -0.15) is 13.2 Å². The number of halogens is 3. The smallest absolute Gasteiger partial charge is 0.374 e. The number of imide groups is 1. The second-order valence-corrected chi connectivity index (χ2v) is 4.46. The molecule has 0 heterocycles. The van der Waals surface area contributed by atoms with E-state index in [1.54, 1.807) is 6.92 Å². The monoisotopic (exact) mass is 303 g/mol. The third-order valence-corrected chi connectivity index (χ3v) is 2.79. The van der Waals surface area contributed by atoms with Crippen molar-refractivity contribution < 1.29 is 22.8 Å². The third-order valence-electron chi connectivity index (χ3n) is 2.79. The van der Waals surface area contributed by atoms with Crippen LogP contribution >= 0.6 is 0 Å². The van der Waals surface area contributed by atoms with Crippen molar-refractivity contribution in [3.8, 4) is 0 Å². The van der Waals surface area contributed by atoms with Crippen molar-refractivity contribution in [1.29, 1.82) is 0 Å². The summed E-state index contributed by atoms with van der Waals surface area (Å²) in [6, 6.07) is 1.66. The summed E-state index contributed by atoms with van der Waals surface area (Å²) in [6.45, 7) is 3.06. The summed E-state index contributed by atoms with van der Waals surface area (Å²) in [7, 11) is 1.34. The summed E-state index contributed by atoms with van der Waals surface area (Å²) in [6.07, 6.45) is -4.46. The number of anilines is 1. The van der Waals surface area contributed by atoms with Gasteiger partial charge in [0, 0.05) is 12.7 Å². The summed E-state index contributed by atoms with van der Waals surface area (Å²) in [4.78, 5) is 22.7. The largest absolute Gasteiger partial charge is 0.416 e. The highest BCUT2D eigenvalue weighted by Gasteiger charge is 2.31. The molecule has 1 rings (SSSR count). The third kappa shape index (κ3) is 4.66. The first-order valence-corrected chi connectivity index (χ1v) is 6.12. The van der Waals surface area contributed by atoms with Crippen LogP contribution in [0, 0.1) is 6.92 Å². The normalized spacial score (nSPS) is 12.5. The summed E-state index contributed by atoms with van der Waals surface area (Å²) in [5, 5.41) is 6.91. The lowest BCUT2D eigenvalue weighted by Gasteiger charge is -2.18.